The van der Waals surface area contributed by atoms with Crippen molar-refractivity contribution in [3.63, 3.8) is 0 Å². The van der Waals surface area contributed by atoms with Gasteiger partial charge in [-0.2, -0.15) is 0 Å². The molecule has 0 unspecified atom stereocenters. The summed E-state index contributed by atoms with van der Waals surface area (Å²) in [5.74, 6) is 0.106. The third-order valence-electron chi connectivity index (χ3n) is 3.81. The molecular formula is C14H20N2O. The van der Waals surface area contributed by atoms with Gasteiger partial charge < -0.3 is 11.1 Å². The molecule has 1 fully saturated rings. The average molecular weight is 232 g/mol. The molecule has 3 N–H and O–H groups in total. The molecular weight excluding hydrogens is 212 g/mol. The van der Waals surface area contributed by atoms with Crippen LogP contribution < -0.4 is 11.1 Å². The first-order valence-corrected chi connectivity index (χ1v) is 6.20. The van der Waals surface area contributed by atoms with Gasteiger partial charge in [-0.15, -0.1) is 0 Å². The van der Waals surface area contributed by atoms with Crippen molar-refractivity contribution in [2.75, 3.05) is 18.4 Å². The Bertz CT molecular complexity index is 388. The van der Waals surface area contributed by atoms with Crippen molar-refractivity contribution in [2.24, 2.45) is 11.1 Å². The highest BCUT2D eigenvalue weighted by Gasteiger charge is 2.35. The number of hydrogen-bond acceptors (Lipinski definition) is 3. The van der Waals surface area contributed by atoms with Crippen molar-refractivity contribution in [1.29, 1.82) is 0 Å². The Morgan fingerprint density at radius 1 is 1.35 bits per heavy atom. The normalized spacial score (nSPS) is 17.3. The monoisotopic (exact) mass is 232 g/mol. The van der Waals surface area contributed by atoms with E-state index >= 15 is 0 Å². The minimum Gasteiger partial charge on any atom is -0.384 e. The number of anilines is 1. The van der Waals surface area contributed by atoms with Gasteiger partial charge in [-0.25, -0.2) is 0 Å². The first kappa shape index (κ1) is 12.1. The molecule has 0 aliphatic heterocycles. The highest BCUT2D eigenvalue weighted by Crippen LogP contribution is 2.39. The molecule has 3 heteroatoms. The van der Waals surface area contributed by atoms with Gasteiger partial charge in [-0.1, -0.05) is 6.42 Å². The number of nitrogens with one attached hydrogen (secondary N) is 1. The molecule has 92 valence electrons. The second-order valence-corrected chi connectivity index (χ2v) is 5.04. The van der Waals surface area contributed by atoms with Crippen LogP contribution in [0.1, 0.15) is 36.5 Å². The summed E-state index contributed by atoms with van der Waals surface area (Å²) in [5.41, 5.74) is 7.94. The Labute approximate surface area is 102 Å². The molecule has 0 spiro atoms. The lowest BCUT2D eigenvalue weighted by molar-refractivity contribution is 0.101. The quantitative estimate of drug-likeness (QED) is 0.767. The van der Waals surface area contributed by atoms with Gasteiger partial charge in [0.15, 0.2) is 5.78 Å². The van der Waals surface area contributed by atoms with Crippen molar-refractivity contribution in [1.82, 2.24) is 0 Å². The van der Waals surface area contributed by atoms with Gasteiger partial charge >= 0.3 is 0 Å². The van der Waals surface area contributed by atoms with Gasteiger partial charge in [0, 0.05) is 17.8 Å². The number of benzene rings is 1. The highest BCUT2D eigenvalue weighted by atomic mass is 16.1. The van der Waals surface area contributed by atoms with Gasteiger partial charge in [-0.05, 0) is 56.0 Å². The van der Waals surface area contributed by atoms with Crippen LogP contribution in [0.5, 0.6) is 0 Å². The zero-order valence-corrected chi connectivity index (χ0v) is 10.3. The zero-order valence-electron chi connectivity index (χ0n) is 10.3. The van der Waals surface area contributed by atoms with Crippen LogP contribution in [-0.2, 0) is 0 Å². The van der Waals surface area contributed by atoms with E-state index in [0.717, 1.165) is 24.3 Å². The van der Waals surface area contributed by atoms with E-state index in [1.54, 1.807) is 6.92 Å². The van der Waals surface area contributed by atoms with Crippen LogP contribution in [0, 0.1) is 5.41 Å². The lowest BCUT2D eigenvalue weighted by atomic mass is 9.69. The molecule has 1 aromatic carbocycles. The first-order chi connectivity index (χ1) is 8.15. The van der Waals surface area contributed by atoms with E-state index in [0.29, 0.717) is 5.41 Å². The lowest BCUT2D eigenvalue weighted by Crippen LogP contribution is -2.42. The number of nitrogens with two attached hydrogens (primary N) is 1. The number of hydrogen-bond donors (Lipinski definition) is 2. The molecule has 2 rings (SSSR count). The molecule has 0 heterocycles. The van der Waals surface area contributed by atoms with E-state index in [1.165, 1.54) is 19.3 Å². The summed E-state index contributed by atoms with van der Waals surface area (Å²) in [4.78, 5) is 11.1. The molecule has 0 amide bonds. The van der Waals surface area contributed by atoms with E-state index in [-0.39, 0.29) is 5.78 Å². The minimum absolute atomic E-state index is 0.106. The van der Waals surface area contributed by atoms with Crippen LogP contribution >= 0.6 is 0 Å². The molecule has 0 aromatic heterocycles. The number of Topliss-reactive ketones (excluding diaryl/α,β-unsaturated/α-hetero) is 1. The topological polar surface area (TPSA) is 55.1 Å². The Kier molecular flexibility index (Phi) is 3.48. The molecule has 3 nitrogen and oxygen atoms in total. The third kappa shape index (κ3) is 2.67. The predicted molar refractivity (Wildman–Crippen MR) is 70.3 cm³/mol. The summed E-state index contributed by atoms with van der Waals surface area (Å²) < 4.78 is 0. The van der Waals surface area contributed by atoms with Gasteiger partial charge in [0.05, 0.1) is 0 Å². The summed E-state index contributed by atoms with van der Waals surface area (Å²) in [5, 5.41) is 3.41. The fourth-order valence-corrected chi connectivity index (χ4v) is 2.24. The maximum Gasteiger partial charge on any atom is 0.159 e. The molecule has 0 saturated heterocycles. The first-order valence-electron chi connectivity index (χ1n) is 6.20. The summed E-state index contributed by atoms with van der Waals surface area (Å²) >= 11 is 0. The van der Waals surface area contributed by atoms with Gasteiger partial charge in [0.1, 0.15) is 0 Å². The van der Waals surface area contributed by atoms with E-state index in [9.17, 15) is 4.79 Å². The van der Waals surface area contributed by atoms with Crippen LogP contribution in [-0.4, -0.2) is 18.9 Å². The molecule has 17 heavy (non-hydrogen) atoms. The molecule has 1 aromatic rings. The lowest BCUT2D eigenvalue weighted by Gasteiger charge is -2.41. The molecule has 0 atom stereocenters. The van der Waals surface area contributed by atoms with Crippen LogP contribution in [0.3, 0.4) is 0 Å². The smallest absolute Gasteiger partial charge is 0.159 e. The van der Waals surface area contributed by atoms with Crippen LogP contribution in [0.15, 0.2) is 24.3 Å². The highest BCUT2D eigenvalue weighted by molar-refractivity contribution is 5.94. The second-order valence-electron chi connectivity index (χ2n) is 5.04. The van der Waals surface area contributed by atoms with Crippen molar-refractivity contribution in [3.8, 4) is 0 Å². The maximum atomic E-state index is 11.1. The summed E-state index contributed by atoms with van der Waals surface area (Å²) in [6.45, 7) is 3.27. The average Bonchev–Trinajstić information content (AvgIpc) is 2.29. The fourth-order valence-electron chi connectivity index (χ4n) is 2.24. The third-order valence-corrected chi connectivity index (χ3v) is 3.81. The van der Waals surface area contributed by atoms with Gasteiger partial charge in [0.25, 0.3) is 0 Å². The predicted octanol–water partition coefficient (Wildman–Crippen LogP) is 2.43. The van der Waals surface area contributed by atoms with Crippen molar-refractivity contribution < 1.29 is 4.79 Å². The van der Waals surface area contributed by atoms with Gasteiger partial charge in [-0.3, -0.25) is 4.79 Å². The standard InChI is InChI=1S/C14H20N2O/c1-11(17)12-3-5-13(6-4-12)16-10-14(9-15)7-2-8-14/h3-6,16H,2,7-10,15H2,1H3. The van der Waals surface area contributed by atoms with Crippen molar-refractivity contribution in [3.05, 3.63) is 29.8 Å². The van der Waals surface area contributed by atoms with E-state index in [4.69, 9.17) is 5.73 Å². The summed E-state index contributed by atoms with van der Waals surface area (Å²) in [7, 11) is 0. The summed E-state index contributed by atoms with van der Waals surface area (Å²) in [6, 6.07) is 7.64. The van der Waals surface area contributed by atoms with E-state index in [2.05, 4.69) is 5.32 Å². The van der Waals surface area contributed by atoms with Gasteiger partial charge in [0.2, 0.25) is 0 Å². The van der Waals surface area contributed by atoms with Crippen LogP contribution in [0.2, 0.25) is 0 Å². The molecule has 1 saturated carbocycles. The van der Waals surface area contributed by atoms with Crippen LogP contribution in [0.4, 0.5) is 5.69 Å². The Morgan fingerprint density at radius 3 is 2.41 bits per heavy atom. The molecule has 0 bridgehead atoms. The number of rotatable bonds is 5. The molecule has 1 aliphatic rings. The second kappa shape index (κ2) is 4.88. The van der Waals surface area contributed by atoms with Crippen molar-refractivity contribution >= 4 is 11.5 Å². The largest absolute Gasteiger partial charge is 0.384 e. The van der Waals surface area contributed by atoms with E-state index < -0.39 is 0 Å². The minimum atomic E-state index is 0.106. The zero-order chi connectivity index (χ0) is 12.3. The maximum absolute atomic E-state index is 11.1. The fraction of sp³-hybridized carbons (Fsp3) is 0.500. The Balaban J connectivity index is 1.93. The summed E-state index contributed by atoms with van der Waals surface area (Å²) in [6.07, 6.45) is 3.74. The SMILES string of the molecule is CC(=O)c1ccc(NCC2(CN)CCC2)cc1. The van der Waals surface area contributed by atoms with Crippen molar-refractivity contribution in [2.45, 2.75) is 26.2 Å². The number of carbonyl (C=O) groups excluding carboxylic acids is 1. The Hall–Kier alpha value is -1.35. The number of carbonyl (C=O) groups is 1. The van der Waals surface area contributed by atoms with E-state index in [1.807, 2.05) is 24.3 Å². The van der Waals surface area contributed by atoms with Crippen LogP contribution in [0.25, 0.3) is 0 Å². The number of ketones is 1. The molecule has 1 aliphatic carbocycles. The molecule has 0 radical (unpaired) electrons. The Morgan fingerprint density at radius 2 is 2.00 bits per heavy atom.